The van der Waals surface area contributed by atoms with E-state index >= 15 is 0 Å². The standard InChI is InChI=1S/C18H29N3O3S/c1-3-25(23,24)21-12-9-17(10-13-21)18(22)19-11-14-20(2)15-16-7-5-4-6-8-16/h4-8,17H,3,9-15H2,1-2H3,(H,19,22). The smallest absolute Gasteiger partial charge is 0.223 e. The second-order valence-electron chi connectivity index (χ2n) is 6.59. The first-order valence-electron chi connectivity index (χ1n) is 8.90. The van der Waals surface area contributed by atoms with Gasteiger partial charge in [0.1, 0.15) is 0 Å². The summed E-state index contributed by atoms with van der Waals surface area (Å²) in [6.07, 6.45) is 1.20. The number of rotatable bonds is 8. The fourth-order valence-corrected chi connectivity index (χ4v) is 4.20. The monoisotopic (exact) mass is 367 g/mol. The predicted octanol–water partition coefficient (Wildman–Crippen LogP) is 1.30. The summed E-state index contributed by atoms with van der Waals surface area (Å²) in [4.78, 5) is 14.4. The molecule has 0 aromatic heterocycles. The zero-order valence-corrected chi connectivity index (χ0v) is 16.0. The van der Waals surface area contributed by atoms with Gasteiger partial charge >= 0.3 is 0 Å². The van der Waals surface area contributed by atoms with E-state index < -0.39 is 10.0 Å². The van der Waals surface area contributed by atoms with Crippen LogP contribution in [-0.2, 0) is 21.4 Å². The average molecular weight is 368 g/mol. The summed E-state index contributed by atoms with van der Waals surface area (Å²) in [6.45, 7) is 4.79. The molecule has 2 rings (SSSR count). The lowest BCUT2D eigenvalue weighted by molar-refractivity contribution is -0.126. The lowest BCUT2D eigenvalue weighted by Crippen LogP contribution is -2.44. The van der Waals surface area contributed by atoms with Crippen LogP contribution < -0.4 is 5.32 Å². The molecule has 0 spiro atoms. The second-order valence-corrected chi connectivity index (χ2v) is 8.85. The van der Waals surface area contributed by atoms with Crippen LogP contribution in [-0.4, -0.2) is 62.5 Å². The molecule has 1 aliphatic rings. The summed E-state index contributed by atoms with van der Waals surface area (Å²) < 4.78 is 25.2. The van der Waals surface area contributed by atoms with Crippen molar-refractivity contribution in [3.8, 4) is 0 Å². The molecule has 140 valence electrons. The van der Waals surface area contributed by atoms with Gasteiger partial charge in [-0.15, -0.1) is 0 Å². The number of amides is 1. The van der Waals surface area contributed by atoms with Crippen molar-refractivity contribution < 1.29 is 13.2 Å². The maximum atomic E-state index is 12.3. The molecule has 0 radical (unpaired) electrons. The van der Waals surface area contributed by atoms with Gasteiger partial charge in [0.05, 0.1) is 5.75 Å². The molecule has 0 bridgehead atoms. The molecular weight excluding hydrogens is 338 g/mol. The lowest BCUT2D eigenvalue weighted by atomic mass is 9.97. The average Bonchev–Trinajstić information content (AvgIpc) is 2.62. The van der Waals surface area contributed by atoms with E-state index in [0.717, 1.165) is 13.1 Å². The number of nitrogens with zero attached hydrogens (tertiary/aromatic N) is 2. The van der Waals surface area contributed by atoms with Gasteiger partial charge in [-0.3, -0.25) is 4.79 Å². The Labute approximate surface area is 151 Å². The molecule has 1 N–H and O–H groups in total. The first kappa shape index (κ1) is 19.9. The maximum Gasteiger partial charge on any atom is 0.223 e. The van der Waals surface area contributed by atoms with Crippen LogP contribution in [0.15, 0.2) is 30.3 Å². The molecule has 1 aliphatic heterocycles. The van der Waals surface area contributed by atoms with Crippen molar-refractivity contribution in [3.05, 3.63) is 35.9 Å². The van der Waals surface area contributed by atoms with Crippen LogP contribution in [0.1, 0.15) is 25.3 Å². The van der Waals surface area contributed by atoms with Crippen molar-refractivity contribution in [2.24, 2.45) is 5.92 Å². The first-order valence-corrected chi connectivity index (χ1v) is 10.5. The van der Waals surface area contributed by atoms with Gasteiger partial charge in [-0.1, -0.05) is 30.3 Å². The van der Waals surface area contributed by atoms with E-state index in [1.54, 1.807) is 6.92 Å². The highest BCUT2D eigenvalue weighted by Gasteiger charge is 2.29. The highest BCUT2D eigenvalue weighted by Crippen LogP contribution is 2.19. The molecule has 1 aromatic carbocycles. The van der Waals surface area contributed by atoms with Crippen molar-refractivity contribution in [1.29, 1.82) is 0 Å². The Morgan fingerprint density at radius 1 is 1.24 bits per heavy atom. The van der Waals surface area contributed by atoms with E-state index in [1.807, 2.05) is 25.2 Å². The first-order chi connectivity index (χ1) is 11.9. The number of carbonyl (C=O) groups excluding carboxylic acids is 1. The molecule has 0 unspecified atom stereocenters. The van der Waals surface area contributed by atoms with E-state index in [0.29, 0.717) is 32.5 Å². The van der Waals surface area contributed by atoms with Crippen LogP contribution in [0, 0.1) is 5.92 Å². The predicted molar refractivity (Wildman–Crippen MR) is 99.5 cm³/mol. The molecule has 6 nitrogen and oxygen atoms in total. The van der Waals surface area contributed by atoms with Crippen LogP contribution in [0.2, 0.25) is 0 Å². The molecule has 0 saturated carbocycles. The van der Waals surface area contributed by atoms with Crippen molar-refractivity contribution in [3.63, 3.8) is 0 Å². The van der Waals surface area contributed by atoms with Gasteiger partial charge < -0.3 is 10.2 Å². The third-order valence-electron chi connectivity index (χ3n) is 4.67. The van der Waals surface area contributed by atoms with Gasteiger partial charge in [-0.05, 0) is 32.4 Å². The van der Waals surface area contributed by atoms with Crippen molar-refractivity contribution in [1.82, 2.24) is 14.5 Å². The third kappa shape index (κ3) is 6.09. The third-order valence-corrected chi connectivity index (χ3v) is 6.55. The number of sulfonamides is 1. The Kier molecular flexibility index (Phi) is 7.40. The molecule has 1 heterocycles. The summed E-state index contributed by atoms with van der Waals surface area (Å²) >= 11 is 0. The zero-order valence-electron chi connectivity index (χ0n) is 15.1. The minimum Gasteiger partial charge on any atom is -0.355 e. The SMILES string of the molecule is CCS(=O)(=O)N1CCC(C(=O)NCCN(C)Cc2ccccc2)CC1. The molecule has 7 heteroatoms. The van der Waals surface area contributed by atoms with Gasteiger partial charge in [-0.25, -0.2) is 12.7 Å². The molecular formula is C18H29N3O3S. The molecule has 0 aliphatic carbocycles. The number of benzene rings is 1. The Balaban J connectivity index is 1.67. The fourth-order valence-electron chi connectivity index (χ4n) is 3.07. The van der Waals surface area contributed by atoms with E-state index in [1.165, 1.54) is 9.87 Å². The molecule has 1 amide bonds. The second kappa shape index (κ2) is 9.31. The molecule has 1 fully saturated rings. The lowest BCUT2D eigenvalue weighted by Gasteiger charge is -2.30. The van der Waals surface area contributed by atoms with Gasteiger partial charge in [-0.2, -0.15) is 0 Å². The van der Waals surface area contributed by atoms with Gasteiger partial charge in [0.2, 0.25) is 15.9 Å². The summed E-state index contributed by atoms with van der Waals surface area (Å²) in [7, 11) is -1.10. The van der Waals surface area contributed by atoms with E-state index in [9.17, 15) is 13.2 Å². The highest BCUT2D eigenvalue weighted by atomic mass is 32.2. The summed E-state index contributed by atoms with van der Waals surface area (Å²) in [5.74, 6) is 0.0850. The number of piperidine rings is 1. The quantitative estimate of drug-likeness (QED) is 0.752. The number of nitrogens with one attached hydrogen (secondary N) is 1. The van der Waals surface area contributed by atoms with Crippen LogP contribution in [0.3, 0.4) is 0 Å². The van der Waals surface area contributed by atoms with Crippen LogP contribution in [0.5, 0.6) is 0 Å². The highest BCUT2D eigenvalue weighted by molar-refractivity contribution is 7.89. The van der Waals surface area contributed by atoms with E-state index in [4.69, 9.17) is 0 Å². The Bertz CT molecular complexity index is 641. The normalized spacial score (nSPS) is 16.9. The minimum atomic E-state index is -3.13. The van der Waals surface area contributed by atoms with Crippen LogP contribution in [0.4, 0.5) is 0 Å². The molecule has 1 aromatic rings. The topological polar surface area (TPSA) is 69.7 Å². The number of carbonyl (C=O) groups is 1. The Morgan fingerprint density at radius 3 is 2.48 bits per heavy atom. The number of hydrogen-bond donors (Lipinski definition) is 1. The summed E-state index contributed by atoms with van der Waals surface area (Å²) in [5, 5.41) is 2.99. The van der Waals surface area contributed by atoms with Gasteiger partial charge in [0.25, 0.3) is 0 Å². The van der Waals surface area contributed by atoms with Crippen LogP contribution in [0.25, 0.3) is 0 Å². The zero-order chi connectivity index (χ0) is 18.3. The number of likely N-dealkylation sites (N-methyl/N-ethyl adjacent to an activating group) is 1. The van der Waals surface area contributed by atoms with Crippen molar-refractivity contribution >= 4 is 15.9 Å². The molecule has 25 heavy (non-hydrogen) atoms. The maximum absolute atomic E-state index is 12.3. The van der Waals surface area contributed by atoms with Gasteiger partial charge in [0, 0.05) is 38.6 Å². The largest absolute Gasteiger partial charge is 0.355 e. The number of hydrogen-bond acceptors (Lipinski definition) is 4. The Hall–Kier alpha value is -1.44. The summed E-state index contributed by atoms with van der Waals surface area (Å²) in [6, 6.07) is 10.2. The van der Waals surface area contributed by atoms with E-state index in [-0.39, 0.29) is 17.6 Å². The van der Waals surface area contributed by atoms with E-state index in [2.05, 4.69) is 22.3 Å². The molecule has 1 saturated heterocycles. The minimum absolute atomic E-state index is 0.0432. The van der Waals surface area contributed by atoms with Crippen molar-refractivity contribution in [2.75, 3.05) is 39.0 Å². The molecule has 0 atom stereocenters. The fraction of sp³-hybridized carbons (Fsp3) is 0.611. The Morgan fingerprint density at radius 2 is 1.88 bits per heavy atom. The van der Waals surface area contributed by atoms with Gasteiger partial charge in [0.15, 0.2) is 0 Å². The van der Waals surface area contributed by atoms with Crippen LogP contribution >= 0.6 is 0 Å². The van der Waals surface area contributed by atoms with Crippen molar-refractivity contribution in [2.45, 2.75) is 26.3 Å². The summed E-state index contributed by atoms with van der Waals surface area (Å²) in [5.41, 5.74) is 1.25.